The van der Waals surface area contributed by atoms with Gasteiger partial charge in [-0.1, -0.05) is 133 Å². The molecule has 8 aromatic carbocycles. The summed E-state index contributed by atoms with van der Waals surface area (Å²) in [7, 11) is 1.61. The Bertz CT molecular complexity index is 2640. The van der Waals surface area contributed by atoms with Crippen LogP contribution in [0.3, 0.4) is 0 Å². The third-order valence-electron chi connectivity index (χ3n) is 10.3. The molecule has 0 aliphatic rings. The summed E-state index contributed by atoms with van der Waals surface area (Å²) in [6.45, 7) is 0. The molecule has 3 N–H and O–H groups in total. The fraction of sp³-hybridized carbons (Fsp3) is 0. The Morgan fingerprint density at radius 3 is 1.19 bits per heavy atom. The van der Waals surface area contributed by atoms with Gasteiger partial charge in [0.1, 0.15) is 19.3 Å². The van der Waals surface area contributed by atoms with Crippen LogP contribution in [0.25, 0.3) is 60.9 Å². The summed E-state index contributed by atoms with van der Waals surface area (Å²) in [5.74, 6) is -0.747. The van der Waals surface area contributed by atoms with E-state index in [0.29, 0.717) is 16.8 Å². The van der Waals surface area contributed by atoms with Crippen LogP contribution in [0.15, 0.2) is 182 Å². The standard InChI is InChI=1S/C48H35BN2O3/c49-44-46(52)43(45(48(54)47(44)53)51-41-17-9-7-15-39(41)40-16-8-10-18-42(40)51)35-23-29-38(30-24-35)50(36-25-19-33(20-26-36)31-11-3-1-4-12-31)37-27-21-34(22-28-37)32-13-5-2-6-14-32/h1-30,52-54H,49H2. The molecule has 0 unspecified atom stereocenters. The van der Waals surface area contributed by atoms with Gasteiger partial charge < -0.3 is 24.8 Å². The Kier molecular flexibility index (Phi) is 8.13. The van der Waals surface area contributed by atoms with Crippen molar-refractivity contribution in [3.05, 3.63) is 182 Å². The van der Waals surface area contributed by atoms with Crippen molar-refractivity contribution in [2.45, 2.75) is 0 Å². The molecular formula is C48H35BN2O3. The van der Waals surface area contributed by atoms with Gasteiger partial charge >= 0.3 is 0 Å². The van der Waals surface area contributed by atoms with Gasteiger partial charge in [-0.25, -0.2) is 0 Å². The number of fused-ring (bicyclic) bond motifs is 3. The van der Waals surface area contributed by atoms with E-state index in [1.54, 1.807) is 7.85 Å². The summed E-state index contributed by atoms with van der Waals surface area (Å²) in [5, 5.41) is 36.6. The summed E-state index contributed by atoms with van der Waals surface area (Å²) >= 11 is 0. The van der Waals surface area contributed by atoms with Crippen LogP contribution >= 0.6 is 0 Å². The molecule has 0 radical (unpaired) electrons. The molecule has 0 fully saturated rings. The molecule has 0 atom stereocenters. The monoisotopic (exact) mass is 698 g/mol. The Labute approximate surface area is 314 Å². The van der Waals surface area contributed by atoms with Gasteiger partial charge in [0.25, 0.3) is 0 Å². The van der Waals surface area contributed by atoms with E-state index in [1.807, 2.05) is 114 Å². The van der Waals surface area contributed by atoms with Crippen LogP contribution in [0, 0.1) is 0 Å². The van der Waals surface area contributed by atoms with Crippen molar-refractivity contribution in [3.8, 4) is 56.3 Å². The Hall–Kier alpha value is -7.18. The number of rotatable bonds is 7. The van der Waals surface area contributed by atoms with Gasteiger partial charge in [-0.2, -0.15) is 0 Å². The number of phenols is 3. The van der Waals surface area contributed by atoms with E-state index in [-0.39, 0.29) is 22.7 Å². The number of nitrogens with zero attached hydrogens (tertiary/aromatic N) is 2. The SMILES string of the molecule is Bc1c(O)c(O)c(-n2c3ccccc3c3ccccc32)c(-c2ccc(N(c3ccc(-c4ccccc4)cc3)c3ccc(-c4ccccc4)cc3)cc2)c1O. The van der Waals surface area contributed by atoms with Crippen molar-refractivity contribution in [2.24, 2.45) is 0 Å². The average Bonchev–Trinajstić information content (AvgIpc) is 3.57. The van der Waals surface area contributed by atoms with Gasteiger partial charge in [0.05, 0.1) is 16.6 Å². The zero-order valence-electron chi connectivity index (χ0n) is 29.6. The van der Waals surface area contributed by atoms with Gasteiger partial charge in [0.15, 0.2) is 11.5 Å². The molecule has 0 saturated carbocycles. The van der Waals surface area contributed by atoms with E-state index in [1.165, 1.54) is 0 Å². The minimum Gasteiger partial charge on any atom is -0.508 e. The van der Waals surface area contributed by atoms with Crippen LogP contribution in [-0.2, 0) is 0 Å². The Balaban J connectivity index is 1.19. The van der Waals surface area contributed by atoms with Crippen molar-refractivity contribution in [3.63, 3.8) is 0 Å². The lowest BCUT2D eigenvalue weighted by molar-refractivity contribution is 0.400. The molecular weight excluding hydrogens is 663 g/mol. The molecule has 0 saturated heterocycles. The number of aromatic nitrogens is 1. The van der Waals surface area contributed by atoms with Gasteiger partial charge in [-0.15, -0.1) is 0 Å². The highest BCUT2D eigenvalue weighted by Crippen LogP contribution is 2.47. The molecule has 54 heavy (non-hydrogen) atoms. The first kappa shape index (κ1) is 32.7. The summed E-state index contributed by atoms with van der Waals surface area (Å²) in [6, 6.07) is 61.7. The largest absolute Gasteiger partial charge is 0.508 e. The second-order valence-corrected chi connectivity index (χ2v) is 13.5. The lowest BCUT2D eigenvalue weighted by atomic mass is 9.87. The first-order chi connectivity index (χ1) is 26.5. The maximum Gasteiger partial charge on any atom is 0.182 e. The first-order valence-corrected chi connectivity index (χ1v) is 18.0. The minimum atomic E-state index is -0.353. The first-order valence-electron chi connectivity index (χ1n) is 18.0. The predicted octanol–water partition coefficient (Wildman–Crippen LogP) is 10.6. The Morgan fingerprint density at radius 1 is 0.370 bits per heavy atom. The molecule has 0 aliphatic heterocycles. The summed E-state index contributed by atoms with van der Waals surface area (Å²) in [6.07, 6.45) is 0. The smallest absolute Gasteiger partial charge is 0.182 e. The number of hydrogen-bond donors (Lipinski definition) is 3. The number of hydrogen-bond acceptors (Lipinski definition) is 4. The second kappa shape index (κ2) is 13.4. The Morgan fingerprint density at radius 2 is 0.741 bits per heavy atom. The van der Waals surface area contributed by atoms with E-state index in [9.17, 15) is 15.3 Å². The molecule has 258 valence electrons. The highest BCUT2D eigenvalue weighted by molar-refractivity contribution is 6.37. The molecule has 6 heteroatoms. The lowest BCUT2D eigenvalue weighted by Gasteiger charge is -2.26. The van der Waals surface area contributed by atoms with Crippen molar-refractivity contribution in [2.75, 3.05) is 4.90 Å². The van der Waals surface area contributed by atoms with Crippen LogP contribution in [0.4, 0.5) is 17.1 Å². The molecule has 9 rings (SSSR count). The normalized spacial score (nSPS) is 11.3. The van der Waals surface area contributed by atoms with Gasteiger partial charge in [-0.05, 0) is 81.8 Å². The zero-order valence-corrected chi connectivity index (χ0v) is 29.6. The molecule has 0 amide bonds. The van der Waals surface area contributed by atoms with Crippen molar-refractivity contribution >= 4 is 52.2 Å². The van der Waals surface area contributed by atoms with Crippen LogP contribution in [-0.4, -0.2) is 27.7 Å². The van der Waals surface area contributed by atoms with Crippen LogP contribution in [0.1, 0.15) is 0 Å². The molecule has 0 spiro atoms. The van der Waals surface area contributed by atoms with Crippen molar-refractivity contribution in [1.29, 1.82) is 0 Å². The number of para-hydroxylation sites is 2. The predicted molar refractivity (Wildman–Crippen MR) is 225 cm³/mol. The van der Waals surface area contributed by atoms with Crippen LogP contribution < -0.4 is 10.4 Å². The van der Waals surface area contributed by atoms with E-state index >= 15 is 0 Å². The maximum absolute atomic E-state index is 11.8. The molecule has 1 aromatic heterocycles. The summed E-state index contributed by atoms with van der Waals surface area (Å²) < 4.78 is 1.93. The topological polar surface area (TPSA) is 68.9 Å². The molecule has 1 heterocycles. The van der Waals surface area contributed by atoms with E-state index in [2.05, 4.69) is 77.7 Å². The summed E-state index contributed by atoms with van der Waals surface area (Å²) in [4.78, 5) is 2.21. The molecule has 5 nitrogen and oxygen atoms in total. The highest BCUT2D eigenvalue weighted by Gasteiger charge is 2.26. The minimum absolute atomic E-state index is 0.0974. The van der Waals surface area contributed by atoms with Crippen molar-refractivity contribution in [1.82, 2.24) is 4.57 Å². The third kappa shape index (κ3) is 5.53. The maximum atomic E-state index is 11.8. The van der Waals surface area contributed by atoms with Crippen LogP contribution in [0.5, 0.6) is 17.2 Å². The van der Waals surface area contributed by atoms with Gasteiger partial charge in [0, 0.05) is 27.8 Å². The number of aromatic hydroxyl groups is 3. The van der Waals surface area contributed by atoms with E-state index in [4.69, 9.17) is 0 Å². The number of benzene rings is 8. The fourth-order valence-corrected chi connectivity index (χ4v) is 7.57. The van der Waals surface area contributed by atoms with Crippen molar-refractivity contribution < 1.29 is 15.3 Å². The third-order valence-corrected chi connectivity index (χ3v) is 10.3. The van der Waals surface area contributed by atoms with E-state index < -0.39 is 0 Å². The number of anilines is 3. The van der Waals surface area contributed by atoms with Gasteiger partial charge in [-0.3, -0.25) is 0 Å². The highest BCUT2D eigenvalue weighted by atomic mass is 16.3. The fourth-order valence-electron chi connectivity index (χ4n) is 7.57. The van der Waals surface area contributed by atoms with Crippen LogP contribution in [0.2, 0.25) is 0 Å². The zero-order chi connectivity index (χ0) is 36.8. The number of phenolic OH excluding ortho intramolecular Hbond substituents is 3. The lowest BCUT2D eigenvalue weighted by Crippen LogP contribution is -2.11. The molecule has 0 bridgehead atoms. The average molecular weight is 699 g/mol. The van der Waals surface area contributed by atoms with Gasteiger partial charge in [0.2, 0.25) is 0 Å². The summed E-state index contributed by atoms with van der Waals surface area (Å²) in [5.41, 5.74) is 10.8. The second-order valence-electron chi connectivity index (χ2n) is 13.5. The van der Waals surface area contributed by atoms with E-state index in [0.717, 1.165) is 61.1 Å². The quantitative estimate of drug-likeness (QED) is 0.0881. The molecule has 9 aromatic rings. The molecule has 0 aliphatic carbocycles.